The number of hydrogen-bond acceptors (Lipinski definition) is 15. The Hall–Kier alpha value is -0.600. The molecule has 3 aliphatic heterocycles. The Morgan fingerprint density at radius 3 is 1.71 bits per heavy atom. The summed E-state index contributed by atoms with van der Waals surface area (Å²) in [4.78, 5) is 0. The Bertz CT molecular complexity index is 677. The Labute approximate surface area is 200 Å². The van der Waals surface area contributed by atoms with Gasteiger partial charge in [-0.25, -0.2) is 0 Å². The van der Waals surface area contributed by atoms with E-state index in [0.29, 0.717) is 0 Å². The summed E-state index contributed by atoms with van der Waals surface area (Å²) in [5.74, 6) is 0. The molecule has 14 atom stereocenters. The maximum atomic E-state index is 10.5. The Balaban J connectivity index is 1.68. The Morgan fingerprint density at radius 2 is 1.14 bits per heavy atom. The van der Waals surface area contributed by atoms with Crippen molar-refractivity contribution < 1.29 is 74.7 Å². The van der Waals surface area contributed by atoms with Gasteiger partial charge in [-0.15, -0.1) is 0 Å². The molecule has 35 heavy (non-hydrogen) atoms. The van der Waals surface area contributed by atoms with Crippen LogP contribution in [0.1, 0.15) is 13.8 Å². The van der Waals surface area contributed by atoms with Crippen molar-refractivity contribution in [1.82, 2.24) is 0 Å². The summed E-state index contributed by atoms with van der Waals surface area (Å²) in [6, 6.07) is 0. The molecule has 0 saturated carbocycles. The number of hydrogen-bond donors (Lipinski definition) is 10. The van der Waals surface area contributed by atoms with Crippen LogP contribution >= 0.6 is 0 Å². The zero-order valence-corrected chi connectivity index (χ0v) is 19.2. The zero-order chi connectivity index (χ0) is 26.2. The molecule has 3 heterocycles. The molecule has 0 spiro atoms. The van der Waals surface area contributed by atoms with Crippen molar-refractivity contribution >= 4 is 0 Å². The predicted octanol–water partition coefficient (Wildman–Crippen LogP) is -6.11. The number of aliphatic hydroxyl groups excluding tert-OH is 10. The van der Waals surface area contributed by atoms with Crippen molar-refractivity contribution in [2.75, 3.05) is 19.8 Å². The minimum Gasteiger partial charge on any atom is -0.394 e. The van der Waals surface area contributed by atoms with Gasteiger partial charge in [0.15, 0.2) is 12.6 Å². The first-order valence-electron chi connectivity index (χ1n) is 11.3. The Kier molecular flexibility index (Phi) is 9.45. The molecule has 0 aromatic heterocycles. The third kappa shape index (κ3) is 5.79. The van der Waals surface area contributed by atoms with Gasteiger partial charge >= 0.3 is 0 Å². The van der Waals surface area contributed by atoms with Crippen LogP contribution in [-0.2, 0) is 23.7 Å². The van der Waals surface area contributed by atoms with Crippen molar-refractivity contribution in [1.29, 1.82) is 0 Å². The van der Waals surface area contributed by atoms with Gasteiger partial charge in [-0.1, -0.05) is 0 Å². The standard InChI is InChI=1S/C20H36O15/c1-20(2)17(30)15(29)16(7(4-22)35-20)34-19-14(28)12(26)10(24)8(33-19)5-31-18-13(27)11(25)9(23)6(3-21)32-18/h6-19,21-30H,3-5H2,1-2H3. The largest absolute Gasteiger partial charge is 0.394 e. The van der Waals surface area contributed by atoms with Gasteiger partial charge in [-0.3, -0.25) is 0 Å². The minimum absolute atomic E-state index is 0.573. The van der Waals surface area contributed by atoms with E-state index in [1.54, 1.807) is 0 Å². The first-order chi connectivity index (χ1) is 16.3. The SMILES string of the molecule is CC1(C)OC(CO)C(OC2OC(COC3OC(CO)C(O)C(O)C3O)C(O)C(O)C2O)C(O)C1O. The fraction of sp³-hybridized carbons (Fsp3) is 1.00. The van der Waals surface area contributed by atoms with Crippen LogP contribution in [0.2, 0.25) is 0 Å². The first kappa shape index (κ1) is 29.0. The highest BCUT2D eigenvalue weighted by molar-refractivity contribution is 4.99. The molecule has 3 aliphatic rings. The summed E-state index contributed by atoms with van der Waals surface area (Å²) >= 11 is 0. The third-order valence-electron chi connectivity index (χ3n) is 6.61. The maximum absolute atomic E-state index is 10.5. The van der Waals surface area contributed by atoms with E-state index in [0.717, 1.165) is 0 Å². The van der Waals surface area contributed by atoms with Gasteiger partial charge in [0, 0.05) is 0 Å². The van der Waals surface area contributed by atoms with Crippen LogP contribution in [0.4, 0.5) is 0 Å². The van der Waals surface area contributed by atoms with Gasteiger partial charge in [0.1, 0.15) is 73.2 Å². The zero-order valence-electron chi connectivity index (χ0n) is 19.2. The van der Waals surface area contributed by atoms with Gasteiger partial charge in [-0.2, -0.15) is 0 Å². The summed E-state index contributed by atoms with van der Waals surface area (Å²) in [7, 11) is 0. The summed E-state index contributed by atoms with van der Waals surface area (Å²) in [5.41, 5.74) is -1.23. The third-order valence-corrected chi connectivity index (χ3v) is 6.61. The van der Waals surface area contributed by atoms with Crippen molar-refractivity contribution in [3.8, 4) is 0 Å². The van der Waals surface area contributed by atoms with Crippen LogP contribution in [0.25, 0.3) is 0 Å². The van der Waals surface area contributed by atoms with Gasteiger partial charge < -0.3 is 74.7 Å². The van der Waals surface area contributed by atoms with E-state index >= 15 is 0 Å². The van der Waals surface area contributed by atoms with E-state index in [-0.39, 0.29) is 0 Å². The highest BCUT2D eigenvalue weighted by Crippen LogP contribution is 2.33. The molecular weight excluding hydrogens is 480 g/mol. The van der Waals surface area contributed by atoms with E-state index in [1.807, 2.05) is 0 Å². The lowest BCUT2D eigenvalue weighted by molar-refractivity contribution is -0.358. The molecule has 0 radical (unpaired) electrons. The van der Waals surface area contributed by atoms with E-state index in [4.69, 9.17) is 23.7 Å². The molecule has 0 aliphatic carbocycles. The molecular formula is C20H36O15. The van der Waals surface area contributed by atoms with E-state index < -0.39 is 111 Å². The highest BCUT2D eigenvalue weighted by atomic mass is 16.7. The second kappa shape index (κ2) is 11.4. The molecule has 0 aromatic carbocycles. The number of aliphatic hydroxyl groups is 10. The minimum atomic E-state index is -1.81. The lowest BCUT2D eigenvalue weighted by Crippen LogP contribution is -2.66. The van der Waals surface area contributed by atoms with Crippen LogP contribution in [0.3, 0.4) is 0 Å². The average Bonchev–Trinajstić information content (AvgIpc) is 2.83. The van der Waals surface area contributed by atoms with E-state index in [2.05, 4.69) is 0 Å². The lowest BCUT2D eigenvalue weighted by Gasteiger charge is -2.49. The van der Waals surface area contributed by atoms with Gasteiger partial charge in [0.2, 0.25) is 0 Å². The van der Waals surface area contributed by atoms with Crippen LogP contribution in [0.5, 0.6) is 0 Å². The van der Waals surface area contributed by atoms with Crippen LogP contribution in [0, 0.1) is 0 Å². The predicted molar refractivity (Wildman–Crippen MR) is 109 cm³/mol. The fourth-order valence-electron chi connectivity index (χ4n) is 4.36. The quantitative estimate of drug-likeness (QED) is 0.151. The normalized spacial score (nSPS) is 50.7. The number of ether oxygens (including phenoxy) is 5. The maximum Gasteiger partial charge on any atom is 0.187 e. The van der Waals surface area contributed by atoms with Crippen molar-refractivity contribution in [2.24, 2.45) is 0 Å². The molecule has 0 aromatic rings. The summed E-state index contributed by atoms with van der Waals surface area (Å²) < 4.78 is 27.2. The lowest BCUT2D eigenvalue weighted by atomic mass is 9.87. The smallest absolute Gasteiger partial charge is 0.187 e. The number of rotatable bonds is 7. The molecule has 0 amide bonds. The monoisotopic (exact) mass is 516 g/mol. The fourth-order valence-corrected chi connectivity index (χ4v) is 4.36. The topological polar surface area (TPSA) is 248 Å². The molecule has 0 bridgehead atoms. The average molecular weight is 516 g/mol. The van der Waals surface area contributed by atoms with E-state index in [9.17, 15) is 51.1 Å². The molecule has 15 heteroatoms. The molecule has 3 fully saturated rings. The molecule has 3 saturated heterocycles. The molecule has 3 rings (SSSR count). The van der Waals surface area contributed by atoms with Crippen LogP contribution in [-0.4, -0.2) is 162 Å². The van der Waals surface area contributed by atoms with Crippen molar-refractivity contribution in [2.45, 2.75) is 105 Å². The summed E-state index contributed by atoms with van der Waals surface area (Å²) in [6.07, 6.45) is -21.7. The molecule has 15 nitrogen and oxygen atoms in total. The second-order valence-electron chi connectivity index (χ2n) is 9.52. The summed E-state index contributed by atoms with van der Waals surface area (Å²) in [5, 5.41) is 101. The molecule has 10 N–H and O–H groups in total. The Morgan fingerprint density at radius 1 is 0.629 bits per heavy atom. The van der Waals surface area contributed by atoms with Crippen molar-refractivity contribution in [3.63, 3.8) is 0 Å². The van der Waals surface area contributed by atoms with Gasteiger partial charge in [0.25, 0.3) is 0 Å². The van der Waals surface area contributed by atoms with Crippen LogP contribution < -0.4 is 0 Å². The highest BCUT2D eigenvalue weighted by Gasteiger charge is 2.53. The van der Waals surface area contributed by atoms with Crippen LogP contribution in [0.15, 0.2) is 0 Å². The van der Waals surface area contributed by atoms with Gasteiger partial charge in [-0.05, 0) is 13.8 Å². The second-order valence-corrected chi connectivity index (χ2v) is 9.52. The van der Waals surface area contributed by atoms with Gasteiger partial charge in [0.05, 0.1) is 25.4 Å². The molecule has 206 valence electrons. The molecule has 14 unspecified atom stereocenters. The van der Waals surface area contributed by atoms with E-state index in [1.165, 1.54) is 13.8 Å². The first-order valence-corrected chi connectivity index (χ1v) is 11.3. The van der Waals surface area contributed by atoms with Crippen molar-refractivity contribution in [3.05, 3.63) is 0 Å². The summed E-state index contributed by atoms with van der Waals surface area (Å²) in [6.45, 7) is 1.12.